The molecule has 0 aliphatic carbocycles. The smallest absolute Gasteiger partial charge is 0.258 e. The molecule has 0 radical (unpaired) electrons. The number of hydrogen-bond donors (Lipinski definition) is 0. The van der Waals surface area contributed by atoms with E-state index in [4.69, 9.17) is 9.47 Å². The zero-order valence-corrected chi connectivity index (χ0v) is 14.9. The molecule has 0 aliphatic rings. The zero-order valence-electron chi connectivity index (χ0n) is 14.9. The second-order valence-electron chi connectivity index (χ2n) is 5.62. The van der Waals surface area contributed by atoms with E-state index in [1.807, 2.05) is 37.3 Å². The molecule has 0 fully saturated rings. The summed E-state index contributed by atoms with van der Waals surface area (Å²) in [4.78, 5) is 14.4. The minimum atomic E-state index is -0.159. The predicted octanol–water partition coefficient (Wildman–Crippen LogP) is 4.39. The Hall–Kier alpha value is -3.01. The summed E-state index contributed by atoms with van der Waals surface area (Å²) in [5.41, 5.74) is 2.64. The minimum absolute atomic E-state index is 0.159. The monoisotopic (exact) mass is 337 g/mol. The molecule has 0 bridgehead atoms. The van der Waals surface area contributed by atoms with Crippen LogP contribution in [0.5, 0.6) is 11.5 Å². The van der Waals surface area contributed by atoms with Gasteiger partial charge in [0.15, 0.2) is 0 Å². The van der Waals surface area contributed by atoms with Crippen molar-refractivity contribution in [3.63, 3.8) is 0 Å². The van der Waals surface area contributed by atoms with Gasteiger partial charge in [0, 0.05) is 24.4 Å². The maximum absolute atomic E-state index is 12.8. The summed E-state index contributed by atoms with van der Waals surface area (Å²) in [6.07, 6.45) is 3.59. The van der Waals surface area contributed by atoms with Gasteiger partial charge in [-0.2, -0.15) is 0 Å². The van der Waals surface area contributed by atoms with Crippen molar-refractivity contribution in [1.82, 2.24) is 4.90 Å². The number of amides is 1. The van der Waals surface area contributed by atoms with Gasteiger partial charge in [0.2, 0.25) is 0 Å². The Morgan fingerprint density at radius 1 is 1.08 bits per heavy atom. The minimum Gasteiger partial charge on any atom is -0.497 e. The molecule has 2 aromatic rings. The fourth-order valence-corrected chi connectivity index (χ4v) is 2.46. The number of carbonyl (C=O) groups excluding carboxylic acids is 1. The van der Waals surface area contributed by atoms with Gasteiger partial charge in [-0.1, -0.05) is 48.6 Å². The van der Waals surface area contributed by atoms with E-state index < -0.39 is 0 Å². The number of hydrogen-bond acceptors (Lipinski definition) is 3. The number of carbonyl (C=O) groups is 1. The molecule has 0 saturated heterocycles. The molecule has 0 atom stereocenters. The third kappa shape index (κ3) is 4.98. The molecule has 1 amide bonds. The van der Waals surface area contributed by atoms with Crippen molar-refractivity contribution in [2.24, 2.45) is 0 Å². The topological polar surface area (TPSA) is 38.8 Å². The Morgan fingerprint density at radius 3 is 2.20 bits per heavy atom. The van der Waals surface area contributed by atoms with Gasteiger partial charge < -0.3 is 14.4 Å². The van der Waals surface area contributed by atoms with Gasteiger partial charge in [0.25, 0.3) is 5.91 Å². The first kappa shape index (κ1) is 18.3. The van der Waals surface area contributed by atoms with Gasteiger partial charge in [0.1, 0.15) is 11.5 Å². The van der Waals surface area contributed by atoms with Crippen LogP contribution in [0.1, 0.15) is 22.8 Å². The summed E-state index contributed by atoms with van der Waals surface area (Å²) in [5.74, 6) is 0.986. The lowest BCUT2D eigenvalue weighted by Crippen LogP contribution is -2.27. The third-order valence-corrected chi connectivity index (χ3v) is 3.71. The van der Waals surface area contributed by atoms with E-state index >= 15 is 0 Å². The van der Waals surface area contributed by atoms with Crippen molar-refractivity contribution in [1.29, 1.82) is 0 Å². The second kappa shape index (κ2) is 8.73. The molecule has 0 aliphatic heterocycles. The van der Waals surface area contributed by atoms with Gasteiger partial charge >= 0.3 is 0 Å². The van der Waals surface area contributed by atoms with Gasteiger partial charge in [-0.05, 0) is 24.6 Å². The fraction of sp³-hybridized carbons (Fsp3) is 0.190. The van der Waals surface area contributed by atoms with Crippen molar-refractivity contribution >= 4 is 12.0 Å². The van der Waals surface area contributed by atoms with Crippen molar-refractivity contribution in [2.75, 3.05) is 20.8 Å². The van der Waals surface area contributed by atoms with Crippen molar-refractivity contribution in [3.8, 4) is 11.5 Å². The maximum Gasteiger partial charge on any atom is 0.258 e. The molecule has 0 aromatic heterocycles. The first-order valence-electron chi connectivity index (χ1n) is 7.96. The number of methoxy groups -OCH3 is 2. The third-order valence-electron chi connectivity index (χ3n) is 3.71. The Balaban J connectivity index is 2.21. The van der Waals surface area contributed by atoms with Gasteiger partial charge in [-0.25, -0.2) is 0 Å². The molecule has 2 aromatic carbocycles. The van der Waals surface area contributed by atoms with Crippen LogP contribution in [-0.2, 0) is 0 Å². The van der Waals surface area contributed by atoms with Crippen LogP contribution < -0.4 is 9.47 Å². The fourth-order valence-electron chi connectivity index (χ4n) is 2.46. The average Bonchev–Trinajstić information content (AvgIpc) is 2.65. The zero-order chi connectivity index (χ0) is 18.2. The molecular weight excluding hydrogens is 314 g/mol. The number of nitrogens with zero attached hydrogens (tertiary/aromatic N) is 1. The molecular formula is C21H23NO3. The lowest BCUT2D eigenvalue weighted by molar-refractivity contribution is 0.0832. The van der Waals surface area contributed by atoms with Crippen LogP contribution in [0, 0.1) is 0 Å². The lowest BCUT2D eigenvalue weighted by atomic mass is 10.1. The highest BCUT2D eigenvalue weighted by Crippen LogP contribution is 2.24. The summed E-state index contributed by atoms with van der Waals surface area (Å²) in [5, 5.41) is 0. The molecule has 4 heteroatoms. The van der Waals surface area contributed by atoms with Crippen LogP contribution in [-0.4, -0.2) is 31.6 Å². The highest BCUT2D eigenvalue weighted by Gasteiger charge is 2.16. The van der Waals surface area contributed by atoms with Crippen LogP contribution in [0.25, 0.3) is 6.08 Å². The first-order valence-corrected chi connectivity index (χ1v) is 7.96. The van der Waals surface area contributed by atoms with Gasteiger partial charge in [-0.3, -0.25) is 4.79 Å². The van der Waals surface area contributed by atoms with Gasteiger partial charge in [-0.15, -0.1) is 0 Å². The number of benzene rings is 2. The van der Waals surface area contributed by atoms with Crippen LogP contribution >= 0.6 is 0 Å². The Morgan fingerprint density at radius 2 is 1.68 bits per heavy atom. The highest BCUT2D eigenvalue weighted by atomic mass is 16.5. The van der Waals surface area contributed by atoms with Crippen molar-refractivity contribution in [3.05, 3.63) is 78.0 Å². The maximum atomic E-state index is 12.8. The van der Waals surface area contributed by atoms with Crippen LogP contribution in [0.15, 0.2) is 66.9 Å². The number of rotatable bonds is 7. The van der Waals surface area contributed by atoms with E-state index in [0.717, 1.165) is 11.1 Å². The summed E-state index contributed by atoms with van der Waals surface area (Å²) in [6.45, 7) is 6.21. The summed E-state index contributed by atoms with van der Waals surface area (Å²) in [6, 6.07) is 15.1. The van der Waals surface area contributed by atoms with E-state index in [1.165, 1.54) is 6.20 Å². The average molecular weight is 337 g/mol. The van der Waals surface area contributed by atoms with E-state index in [-0.39, 0.29) is 5.91 Å². The molecule has 0 unspecified atom stereocenters. The van der Waals surface area contributed by atoms with Crippen molar-refractivity contribution < 1.29 is 14.3 Å². The number of ether oxygens (including phenoxy) is 2. The SMILES string of the molecule is C=CN(C/C(C)=C/c1ccccc1)C(=O)c1cc(OC)cc(OC)c1. The van der Waals surface area contributed by atoms with Crippen LogP contribution in [0.4, 0.5) is 0 Å². The van der Waals surface area contributed by atoms with E-state index in [1.54, 1.807) is 37.3 Å². The van der Waals surface area contributed by atoms with Crippen LogP contribution in [0.3, 0.4) is 0 Å². The lowest BCUT2D eigenvalue weighted by Gasteiger charge is -2.19. The Labute approximate surface area is 149 Å². The largest absolute Gasteiger partial charge is 0.497 e. The molecule has 0 heterocycles. The quantitative estimate of drug-likeness (QED) is 0.752. The second-order valence-corrected chi connectivity index (χ2v) is 5.62. The molecule has 0 N–H and O–H groups in total. The first-order chi connectivity index (χ1) is 12.1. The van der Waals surface area contributed by atoms with E-state index in [9.17, 15) is 4.79 Å². The molecule has 0 saturated carbocycles. The molecule has 2 rings (SSSR count). The molecule has 0 spiro atoms. The summed E-state index contributed by atoms with van der Waals surface area (Å²) >= 11 is 0. The molecule has 4 nitrogen and oxygen atoms in total. The highest BCUT2D eigenvalue weighted by molar-refractivity contribution is 5.96. The van der Waals surface area contributed by atoms with Crippen LogP contribution in [0.2, 0.25) is 0 Å². The van der Waals surface area contributed by atoms with Crippen molar-refractivity contribution in [2.45, 2.75) is 6.92 Å². The van der Waals surface area contributed by atoms with E-state index in [2.05, 4.69) is 12.7 Å². The standard InChI is InChI=1S/C21H23NO3/c1-5-22(15-16(2)11-17-9-7-6-8-10-17)21(23)18-12-19(24-3)14-20(13-18)25-4/h5-14H,1,15H2,2-4H3/b16-11+. The summed E-state index contributed by atoms with van der Waals surface area (Å²) in [7, 11) is 3.11. The molecule has 130 valence electrons. The normalized spacial score (nSPS) is 10.9. The Kier molecular flexibility index (Phi) is 6.40. The van der Waals surface area contributed by atoms with Gasteiger partial charge in [0.05, 0.1) is 14.2 Å². The predicted molar refractivity (Wildman–Crippen MR) is 101 cm³/mol. The molecule has 25 heavy (non-hydrogen) atoms. The van der Waals surface area contributed by atoms with E-state index in [0.29, 0.717) is 23.6 Å². The summed E-state index contributed by atoms with van der Waals surface area (Å²) < 4.78 is 10.5. The Bertz CT molecular complexity index is 744.